The molecule has 0 aliphatic carbocycles. The molecule has 144 valence electrons. The number of rotatable bonds is 4. The fraction of sp³-hybridized carbons (Fsp3) is 0.450. The number of fused-ring (bicyclic) bond motifs is 1. The zero-order chi connectivity index (χ0) is 19.7. The second kappa shape index (κ2) is 7.42. The van der Waals surface area contributed by atoms with Crippen molar-refractivity contribution in [3.8, 4) is 5.75 Å². The van der Waals surface area contributed by atoms with Gasteiger partial charge in [-0.05, 0) is 37.1 Å². The molecule has 0 fully saturated rings. The fourth-order valence-electron chi connectivity index (χ4n) is 3.31. The Bertz CT molecular complexity index is 864. The minimum absolute atomic E-state index is 0.0252. The van der Waals surface area contributed by atoms with E-state index < -0.39 is 0 Å². The van der Waals surface area contributed by atoms with E-state index in [1.807, 2.05) is 68.0 Å². The molecule has 0 spiro atoms. The molecule has 2 heterocycles. The molecule has 7 heteroatoms. The van der Waals surface area contributed by atoms with Gasteiger partial charge in [0.15, 0.2) is 0 Å². The van der Waals surface area contributed by atoms with Crippen LogP contribution < -0.4 is 14.5 Å². The summed E-state index contributed by atoms with van der Waals surface area (Å²) in [5.41, 5.74) is 3.66. The minimum atomic E-state index is 0.0252. The molecule has 3 rings (SSSR count). The van der Waals surface area contributed by atoms with Crippen LogP contribution in [-0.4, -0.2) is 62.6 Å². The predicted octanol–water partition coefficient (Wildman–Crippen LogP) is 2.12. The average molecular weight is 369 g/mol. The van der Waals surface area contributed by atoms with Gasteiger partial charge in [-0.1, -0.05) is 0 Å². The van der Waals surface area contributed by atoms with Crippen molar-refractivity contribution >= 4 is 17.7 Å². The first kappa shape index (κ1) is 18.9. The summed E-state index contributed by atoms with van der Waals surface area (Å²) in [6, 6.07) is 5.55. The number of carbonyl (C=O) groups excluding carboxylic acids is 1. The highest BCUT2D eigenvalue weighted by Gasteiger charge is 2.27. The zero-order valence-corrected chi connectivity index (χ0v) is 16.9. The van der Waals surface area contributed by atoms with Crippen LogP contribution >= 0.6 is 0 Å². The van der Waals surface area contributed by atoms with E-state index in [9.17, 15) is 4.79 Å². The maximum Gasteiger partial charge on any atom is 0.254 e. The molecular formula is C20H27N5O2. The smallest absolute Gasteiger partial charge is 0.254 e. The number of nitrogens with zero attached hydrogens (tertiary/aromatic N) is 5. The number of hydrogen-bond donors (Lipinski definition) is 0. The van der Waals surface area contributed by atoms with E-state index in [1.165, 1.54) is 0 Å². The molecule has 0 unspecified atom stereocenters. The first-order chi connectivity index (χ1) is 12.8. The summed E-state index contributed by atoms with van der Waals surface area (Å²) in [7, 11) is 9.45. The lowest BCUT2D eigenvalue weighted by Crippen LogP contribution is -2.38. The number of amides is 1. The van der Waals surface area contributed by atoms with Crippen molar-refractivity contribution in [2.75, 3.05) is 51.6 Å². The van der Waals surface area contributed by atoms with Crippen LogP contribution in [0.25, 0.3) is 0 Å². The second-order valence-corrected chi connectivity index (χ2v) is 7.22. The van der Waals surface area contributed by atoms with Gasteiger partial charge in [0.25, 0.3) is 5.91 Å². The van der Waals surface area contributed by atoms with Crippen molar-refractivity contribution in [2.45, 2.75) is 19.9 Å². The molecule has 7 nitrogen and oxygen atoms in total. The number of anilines is 2. The Morgan fingerprint density at radius 1 is 1.15 bits per heavy atom. The van der Waals surface area contributed by atoms with Gasteiger partial charge in [-0.2, -0.15) is 4.98 Å². The summed E-state index contributed by atoms with van der Waals surface area (Å²) in [5.74, 6) is 2.37. The Morgan fingerprint density at radius 2 is 1.89 bits per heavy atom. The topological polar surface area (TPSA) is 61.8 Å². The Hall–Kier alpha value is -2.83. The lowest BCUT2D eigenvalue weighted by molar-refractivity contribution is 0.0731. The number of aryl methyl sites for hydroxylation is 1. The van der Waals surface area contributed by atoms with Crippen molar-refractivity contribution in [3.05, 3.63) is 40.6 Å². The Kier molecular flexibility index (Phi) is 5.21. The highest BCUT2D eigenvalue weighted by atomic mass is 16.5. The number of methoxy groups -OCH3 is 1. The largest absolute Gasteiger partial charge is 0.497 e. The van der Waals surface area contributed by atoms with Crippen LogP contribution in [0.4, 0.5) is 11.8 Å². The van der Waals surface area contributed by atoms with Gasteiger partial charge in [-0.25, -0.2) is 4.98 Å². The molecule has 1 amide bonds. The van der Waals surface area contributed by atoms with Gasteiger partial charge in [0, 0.05) is 45.9 Å². The quantitative estimate of drug-likeness (QED) is 0.823. The standard InChI is InChI=1S/C20H27N5O2/c1-13-11-14(27-6)7-8-15(13)19(26)25-10-9-16-17(12-25)21-20(24(4)5)22-18(16)23(2)3/h7-8,11H,9-10,12H2,1-6H3. The fourth-order valence-corrected chi connectivity index (χ4v) is 3.31. The SMILES string of the molecule is COc1ccc(C(=O)N2CCc3c(nc(N(C)C)nc3N(C)C)C2)c(C)c1. The van der Waals surface area contributed by atoms with Gasteiger partial charge in [0.05, 0.1) is 19.3 Å². The molecule has 0 bridgehead atoms. The van der Waals surface area contributed by atoms with E-state index in [0.29, 0.717) is 24.6 Å². The summed E-state index contributed by atoms with van der Waals surface area (Å²) >= 11 is 0. The Balaban J connectivity index is 1.92. The van der Waals surface area contributed by atoms with E-state index in [1.54, 1.807) is 7.11 Å². The van der Waals surface area contributed by atoms with Crippen molar-refractivity contribution in [1.29, 1.82) is 0 Å². The van der Waals surface area contributed by atoms with Gasteiger partial charge in [0.2, 0.25) is 5.95 Å². The Labute approximate surface area is 160 Å². The third-order valence-electron chi connectivity index (χ3n) is 4.81. The number of ether oxygens (including phenoxy) is 1. The monoisotopic (exact) mass is 369 g/mol. The van der Waals surface area contributed by atoms with Crippen LogP contribution in [-0.2, 0) is 13.0 Å². The minimum Gasteiger partial charge on any atom is -0.497 e. The maximum absolute atomic E-state index is 13.1. The van der Waals surface area contributed by atoms with Crippen molar-refractivity contribution in [1.82, 2.24) is 14.9 Å². The summed E-state index contributed by atoms with van der Waals surface area (Å²) < 4.78 is 5.24. The second-order valence-electron chi connectivity index (χ2n) is 7.22. The summed E-state index contributed by atoms with van der Waals surface area (Å²) in [5, 5.41) is 0. The van der Waals surface area contributed by atoms with Gasteiger partial charge in [0.1, 0.15) is 11.6 Å². The zero-order valence-electron chi connectivity index (χ0n) is 16.9. The molecule has 2 aromatic rings. The maximum atomic E-state index is 13.1. The normalized spacial score (nSPS) is 13.2. The van der Waals surface area contributed by atoms with E-state index >= 15 is 0 Å². The van der Waals surface area contributed by atoms with Crippen LogP contribution in [0, 0.1) is 6.92 Å². The summed E-state index contributed by atoms with van der Waals surface area (Å²) in [6.07, 6.45) is 0.748. The molecule has 0 radical (unpaired) electrons. The summed E-state index contributed by atoms with van der Waals surface area (Å²) in [4.78, 5) is 28.2. The van der Waals surface area contributed by atoms with Gasteiger partial charge in [-0.15, -0.1) is 0 Å². The third-order valence-corrected chi connectivity index (χ3v) is 4.81. The molecule has 1 aliphatic heterocycles. The molecule has 0 atom stereocenters. The van der Waals surface area contributed by atoms with Gasteiger partial charge >= 0.3 is 0 Å². The molecule has 0 saturated heterocycles. The summed E-state index contributed by atoms with van der Waals surface area (Å²) in [6.45, 7) is 3.08. The lowest BCUT2D eigenvalue weighted by atomic mass is 10.0. The molecule has 0 saturated carbocycles. The average Bonchev–Trinajstić information content (AvgIpc) is 2.65. The van der Waals surface area contributed by atoms with Crippen LogP contribution in [0.1, 0.15) is 27.2 Å². The van der Waals surface area contributed by atoms with Gasteiger partial charge < -0.3 is 19.4 Å². The van der Waals surface area contributed by atoms with Crippen molar-refractivity contribution in [2.24, 2.45) is 0 Å². The number of hydrogen-bond acceptors (Lipinski definition) is 6. The lowest BCUT2D eigenvalue weighted by Gasteiger charge is -2.31. The van der Waals surface area contributed by atoms with E-state index in [0.717, 1.165) is 34.8 Å². The van der Waals surface area contributed by atoms with Gasteiger partial charge in [-0.3, -0.25) is 4.79 Å². The number of benzene rings is 1. The van der Waals surface area contributed by atoms with Crippen LogP contribution in [0.3, 0.4) is 0 Å². The molecule has 1 aliphatic rings. The molecule has 27 heavy (non-hydrogen) atoms. The molecule has 1 aromatic heterocycles. The molecule has 0 N–H and O–H groups in total. The Morgan fingerprint density at radius 3 is 2.48 bits per heavy atom. The van der Waals surface area contributed by atoms with Crippen molar-refractivity contribution in [3.63, 3.8) is 0 Å². The highest BCUT2D eigenvalue weighted by Crippen LogP contribution is 2.28. The van der Waals surface area contributed by atoms with Crippen LogP contribution in [0.15, 0.2) is 18.2 Å². The van der Waals surface area contributed by atoms with Crippen molar-refractivity contribution < 1.29 is 9.53 Å². The molecule has 1 aromatic carbocycles. The molecular weight excluding hydrogens is 342 g/mol. The first-order valence-corrected chi connectivity index (χ1v) is 9.00. The number of carbonyl (C=O) groups is 1. The number of aromatic nitrogens is 2. The van der Waals surface area contributed by atoms with Crippen LogP contribution in [0.2, 0.25) is 0 Å². The predicted molar refractivity (Wildman–Crippen MR) is 107 cm³/mol. The van der Waals surface area contributed by atoms with Crippen LogP contribution in [0.5, 0.6) is 5.75 Å². The van der Waals surface area contributed by atoms with E-state index in [2.05, 4.69) is 4.98 Å². The first-order valence-electron chi connectivity index (χ1n) is 9.00. The highest BCUT2D eigenvalue weighted by molar-refractivity contribution is 5.96. The van der Waals surface area contributed by atoms with E-state index in [-0.39, 0.29) is 5.91 Å². The van der Waals surface area contributed by atoms with E-state index in [4.69, 9.17) is 9.72 Å². The third kappa shape index (κ3) is 3.67.